The van der Waals surface area contributed by atoms with Crippen LogP contribution in [0.3, 0.4) is 0 Å². The quantitative estimate of drug-likeness (QED) is 0.733. The summed E-state index contributed by atoms with van der Waals surface area (Å²) in [5, 5.41) is 23.2. The third-order valence-corrected chi connectivity index (χ3v) is 3.78. The van der Waals surface area contributed by atoms with Crippen LogP contribution in [0.25, 0.3) is 0 Å². The first-order valence-electron chi connectivity index (χ1n) is 8.20. The Balaban J connectivity index is 1.75. The fourth-order valence-electron chi connectivity index (χ4n) is 2.39. The molecule has 0 aliphatic heterocycles. The minimum absolute atomic E-state index is 0.0419. The van der Waals surface area contributed by atoms with Gasteiger partial charge in [0.15, 0.2) is 0 Å². The summed E-state index contributed by atoms with van der Waals surface area (Å²) in [5.74, 6) is -1.02. The molecule has 2 amide bonds. The summed E-state index contributed by atoms with van der Waals surface area (Å²) in [6.45, 7) is 0. The van der Waals surface area contributed by atoms with Crippen molar-refractivity contribution < 1.29 is 9.59 Å². The summed E-state index contributed by atoms with van der Waals surface area (Å²) in [5.41, 5.74) is 1.77. The lowest BCUT2D eigenvalue weighted by molar-refractivity contribution is 0.101. The minimum atomic E-state index is -0.532. The molecule has 28 heavy (non-hydrogen) atoms. The lowest BCUT2D eigenvalue weighted by Crippen LogP contribution is -2.18. The van der Waals surface area contributed by atoms with Gasteiger partial charge in [0.05, 0.1) is 22.9 Å². The smallest absolute Gasteiger partial charge is 0.274 e. The molecule has 0 spiro atoms. The van der Waals surface area contributed by atoms with Crippen LogP contribution >= 0.6 is 0 Å². The number of hydrogen-bond acceptors (Lipinski definition) is 5. The van der Waals surface area contributed by atoms with Crippen molar-refractivity contribution in [2.75, 3.05) is 10.6 Å². The first-order valence-corrected chi connectivity index (χ1v) is 8.20. The lowest BCUT2D eigenvalue weighted by atomic mass is 10.2. The Morgan fingerprint density at radius 3 is 2.04 bits per heavy atom. The largest absolute Gasteiger partial charge is 0.321 e. The third-order valence-electron chi connectivity index (χ3n) is 3.78. The molecule has 0 unspecified atom stereocenters. The lowest BCUT2D eigenvalue weighted by Gasteiger charge is -2.08. The highest BCUT2D eigenvalue weighted by Crippen LogP contribution is 2.15. The number of para-hydroxylation sites is 1. The molecule has 0 atom stereocenters. The molecule has 1 heterocycles. The summed E-state index contributed by atoms with van der Waals surface area (Å²) in [6, 6.07) is 21.5. The van der Waals surface area contributed by atoms with E-state index in [2.05, 4.69) is 15.6 Å². The fraction of sp³-hybridized carbons (Fsp3) is 0. The second-order valence-corrected chi connectivity index (χ2v) is 5.66. The molecular formula is C21H13N5O2. The van der Waals surface area contributed by atoms with E-state index in [0.717, 1.165) is 0 Å². The first kappa shape index (κ1) is 18.3. The van der Waals surface area contributed by atoms with E-state index in [0.29, 0.717) is 22.5 Å². The molecule has 0 bridgehead atoms. The van der Waals surface area contributed by atoms with Gasteiger partial charge in [0, 0.05) is 5.69 Å². The maximum absolute atomic E-state index is 12.4. The van der Waals surface area contributed by atoms with Gasteiger partial charge in [-0.15, -0.1) is 0 Å². The SMILES string of the molecule is N#Cc1ccc(NC(=O)c2cccc(C(=O)Nc3ccccc3C#N)n2)cc1. The van der Waals surface area contributed by atoms with Gasteiger partial charge >= 0.3 is 0 Å². The highest BCUT2D eigenvalue weighted by atomic mass is 16.2. The van der Waals surface area contributed by atoms with E-state index in [4.69, 9.17) is 10.5 Å². The van der Waals surface area contributed by atoms with E-state index in [1.165, 1.54) is 12.1 Å². The average Bonchev–Trinajstić information content (AvgIpc) is 2.74. The molecule has 3 rings (SSSR count). The van der Waals surface area contributed by atoms with Gasteiger partial charge < -0.3 is 10.6 Å². The number of aromatic nitrogens is 1. The van der Waals surface area contributed by atoms with Crippen molar-refractivity contribution in [3.8, 4) is 12.1 Å². The first-order chi connectivity index (χ1) is 13.6. The summed E-state index contributed by atoms with van der Waals surface area (Å²) >= 11 is 0. The average molecular weight is 367 g/mol. The van der Waals surface area contributed by atoms with Crippen molar-refractivity contribution in [2.24, 2.45) is 0 Å². The van der Waals surface area contributed by atoms with Crippen molar-refractivity contribution in [3.05, 3.63) is 89.2 Å². The molecule has 134 valence electrons. The second kappa shape index (κ2) is 8.26. The number of carbonyl (C=O) groups is 2. The predicted octanol–water partition coefficient (Wildman–Crippen LogP) is 3.33. The number of carbonyl (C=O) groups excluding carboxylic acids is 2. The van der Waals surface area contributed by atoms with Crippen LogP contribution in [0.1, 0.15) is 32.1 Å². The van der Waals surface area contributed by atoms with Gasteiger partial charge in [-0.1, -0.05) is 18.2 Å². The zero-order chi connectivity index (χ0) is 19.9. The van der Waals surface area contributed by atoms with Crippen molar-refractivity contribution in [1.29, 1.82) is 10.5 Å². The Morgan fingerprint density at radius 1 is 0.750 bits per heavy atom. The van der Waals surface area contributed by atoms with E-state index in [-0.39, 0.29) is 11.4 Å². The van der Waals surface area contributed by atoms with Crippen LogP contribution in [-0.4, -0.2) is 16.8 Å². The standard InChI is InChI=1S/C21H13N5O2/c22-12-14-8-10-16(11-9-14)24-20(27)18-6-3-7-19(25-18)21(28)26-17-5-2-1-4-15(17)13-23/h1-11H,(H,24,27)(H,26,28). The molecule has 2 N–H and O–H groups in total. The molecular weight excluding hydrogens is 354 g/mol. The van der Waals surface area contributed by atoms with Crippen LogP contribution in [0.15, 0.2) is 66.7 Å². The zero-order valence-electron chi connectivity index (χ0n) is 14.5. The van der Waals surface area contributed by atoms with Crippen LogP contribution in [0.2, 0.25) is 0 Å². The van der Waals surface area contributed by atoms with Gasteiger partial charge in [0.2, 0.25) is 0 Å². The van der Waals surface area contributed by atoms with Gasteiger partial charge in [0.25, 0.3) is 11.8 Å². The maximum Gasteiger partial charge on any atom is 0.274 e. The highest BCUT2D eigenvalue weighted by Gasteiger charge is 2.14. The number of pyridine rings is 1. The van der Waals surface area contributed by atoms with Crippen LogP contribution in [0, 0.1) is 22.7 Å². The number of hydrogen-bond donors (Lipinski definition) is 2. The van der Waals surface area contributed by atoms with Crippen LogP contribution in [0.4, 0.5) is 11.4 Å². The monoisotopic (exact) mass is 367 g/mol. The summed E-state index contributed by atoms with van der Waals surface area (Å²) in [4.78, 5) is 28.9. The van der Waals surface area contributed by atoms with E-state index < -0.39 is 11.8 Å². The van der Waals surface area contributed by atoms with Gasteiger partial charge in [-0.2, -0.15) is 10.5 Å². The number of benzene rings is 2. The fourth-order valence-corrected chi connectivity index (χ4v) is 2.39. The predicted molar refractivity (Wildman–Crippen MR) is 102 cm³/mol. The zero-order valence-corrected chi connectivity index (χ0v) is 14.5. The minimum Gasteiger partial charge on any atom is -0.321 e. The van der Waals surface area contributed by atoms with Gasteiger partial charge in [-0.3, -0.25) is 9.59 Å². The van der Waals surface area contributed by atoms with E-state index in [9.17, 15) is 9.59 Å². The number of amides is 2. The molecule has 0 radical (unpaired) electrons. The Bertz CT molecular complexity index is 1120. The van der Waals surface area contributed by atoms with Gasteiger partial charge in [-0.05, 0) is 48.5 Å². The van der Waals surface area contributed by atoms with Crippen molar-refractivity contribution in [3.63, 3.8) is 0 Å². The third kappa shape index (κ3) is 4.18. The van der Waals surface area contributed by atoms with Crippen molar-refractivity contribution >= 4 is 23.2 Å². The molecule has 2 aromatic carbocycles. The van der Waals surface area contributed by atoms with Crippen molar-refractivity contribution in [1.82, 2.24) is 4.98 Å². The summed E-state index contributed by atoms with van der Waals surface area (Å²) in [6.07, 6.45) is 0. The number of nitrogens with one attached hydrogen (secondary N) is 2. The molecule has 0 saturated carbocycles. The normalized spacial score (nSPS) is 9.64. The Hall–Kier alpha value is -4.49. The Labute approximate surface area is 160 Å². The van der Waals surface area contributed by atoms with Crippen LogP contribution in [-0.2, 0) is 0 Å². The number of nitrogens with zero attached hydrogens (tertiary/aromatic N) is 3. The molecule has 0 fully saturated rings. The maximum atomic E-state index is 12.4. The number of rotatable bonds is 4. The van der Waals surface area contributed by atoms with E-state index in [1.54, 1.807) is 54.6 Å². The van der Waals surface area contributed by atoms with E-state index >= 15 is 0 Å². The van der Waals surface area contributed by atoms with Crippen molar-refractivity contribution in [2.45, 2.75) is 0 Å². The summed E-state index contributed by atoms with van der Waals surface area (Å²) in [7, 11) is 0. The molecule has 3 aromatic rings. The number of nitriles is 2. The second-order valence-electron chi connectivity index (χ2n) is 5.66. The summed E-state index contributed by atoms with van der Waals surface area (Å²) < 4.78 is 0. The molecule has 7 nitrogen and oxygen atoms in total. The molecule has 0 aliphatic rings. The van der Waals surface area contributed by atoms with E-state index in [1.807, 2.05) is 12.1 Å². The van der Waals surface area contributed by atoms with Gasteiger partial charge in [0.1, 0.15) is 17.5 Å². The number of anilines is 2. The Morgan fingerprint density at radius 2 is 1.39 bits per heavy atom. The molecule has 0 saturated heterocycles. The van der Waals surface area contributed by atoms with Crippen LogP contribution in [0.5, 0.6) is 0 Å². The topological polar surface area (TPSA) is 119 Å². The van der Waals surface area contributed by atoms with Crippen LogP contribution < -0.4 is 10.6 Å². The molecule has 1 aromatic heterocycles. The molecule has 0 aliphatic carbocycles. The van der Waals surface area contributed by atoms with Gasteiger partial charge in [-0.25, -0.2) is 4.98 Å². The Kier molecular flexibility index (Phi) is 5.40. The molecule has 7 heteroatoms. The highest BCUT2D eigenvalue weighted by molar-refractivity contribution is 6.06.